The molecule has 92 valence electrons. The third-order valence-electron chi connectivity index (χ3n) is 4.09. The summed E-state index contributed by atoms with van der Waals surface area (Å²) in [5, 5.41) is 3.24. The summed E-state index contributed by atoms with van der Waals surface area (Å²) in [7, 11) is 0. The Labute approximate surface area is 107 Å². The van der Waals surface area contributed by atoms with Crippen LogP contribution in [0.5, 0.6) is 0 Å². The van der Waals surface area contributed by atoms with Gasteiger partial charge in [0.15, 0.2) is 0 Å². The van der Waals surface area contributed by atoms with Gasteiger partial charge in [-0.2, -0.15) is 0 Å². The first kappa shape index (κ1) is 12.4. The smallest absolute Gasteiger partial charge is 0.223 e. The first-order valence-corrected chi connectivity index (χ1v) is 7.37. The number of hydrogen-bond acceptors (Lipinski definition) is 1. The van der Waals surface area contributed by atoms with Crippen molar-refractivity contribution in [3.05, 3.63) is 0 Å². The van der Waals surface area contributed by atoms with Crippen LogP contribution in [0, 0.1) is 11.3 Å². The first-order valence-electron chi connectivity index (χ1n) is 6.45. The van der Waals surface area contributed by atoms with Gasteiger partial charge in [-0.25, -0.2) is 0 Å². The van der Waals surface area contributed by atoms with Crippen LogP contribution >= 0.6 is 15.9 Å². The zero-order valence-corrected chi connectivity index (χ0v) is 11.8. The molecule has 0 saturated heterocycles. The van der Waals surface area contributed by atoms with Gasteiger partial charge >= 0.3 is 0 Å². The Morgan fingerprint density at radius 3 is 2.50 bits per heavy atom. The van der Waals surface area contributed by atoms with Crippen LogP contribution in [0.15, 0.2) is 0 Å². The van der Waals surface area contributed by atoms with Crippen molar-refractivity contribution in [1.82, 2.24) is 5.32 Å². The lowest BCUT2D eigenvalue weighted by atomic mass is 10.1. The molecule has 0 bridgehead atoms. The maximum Gasteiger partial charge on any atom is 0.223 e. The van der Waals surface area contributed by atoms with E-state index < -0.39 is 0 Å². The molecular formula is C13H22BrNO. The van der Waals surface area contributed by atoms with Gasteiger partial charge in [0.2, 0.25) is 5.91 Å². The Hall–Kier alpha value is -0.0500. The monoisotopic (exact) mass is 287 g/mol. The fourth-order valence-corrected chi connectivity index (χ4v) is 3.34. The first-order chi connectivity index (χ1) is 7.50. The Kier molecular flexibility index (Phi) is 3.62. The van der Waals surface area contributed by atoms with Gasteiger partial charge in [0.25, 0.3) is 0 Å². The normalized spacial score (nSPS) is 37.6. The molecule has 3 unspecified atom stereocenters. The van der Waals surface area contributed by atoms with Gasteiger partial charge in [0, 0.05) is 16.8 Å². The lowest BCUT2D eigenvalue weighted by Gasteiger charge is -2.21. The minimum Gasteiger partial charge on any atom is -0.352 e. The summed E-state index contributed by atoms with van der Waals surface area (Å²) in [5.41, 5.74) is 0.247. The molecule has 16 heavy (non-hydrogen) atoms. The lowest BCUT2D eigenvalue weighted by Crippen LogP contribution is -2.41. The SMILES string of the molecule is CC1(C)CC1C(=O)NC1CCCCCC1Br. The molecule has 0 aromatic carbocycles. The molecule has 2 aliphatic rings. The third-order valence-corrected chi connectivity index (χ3v) is 5.19. The molecule has 0 aromatic heterocycles. The molecule has 0 spiro atoms. The molecule has 0 radical (unpaired) electrons. The van der Waals surface area contributed by atoms with E-state index in [2.05, 4.69) is 35.1 Å². The van der Waals surface area contributed by atoms with E-state index in [0.29, 0.717) is 10.9 Å². The lowest BCUT2D eigenvalue weighted by molar-refractivity contribution is -0.123. The van der Waals surface area contributed by atoms with Gasteiger partial charge in [-0.05, 0) is 24.7 Å². The minimum atomic E-state index is 0.247. The van der Waals surface area contributed by atoms with Crippen molar-refractivity contribution in [3.63, 3.8) is 0 Å². The number of carbonyl (C=O) groups is 1. The summed E-state index contributed by atoms with van der Waals surface area (Å²) in [4.78, 5) is 12.5. The summed E-state index contributed by atoms with van der Waals surface area (Å²) < 4.78 is 0. The van der Waals surface area contributed by atoms with Crippen molar-refractivity contribution in [2.45, 2.75) is 63.2 Å². The van der Waals surface area contributed by atoms with Crippen molar-refractivity contribution >= 4 is 21.8 Å². The predicted molar refractivity (Wildman–Crippen MR) is 69.6 cm³/mol. The molecule has 0 aliphatic heterocycles. The number of hydrogen-bond donors (Lipinski definition) is 1. The van der Waals surface area contributed by atoms with Crippen molar-refractivity contribution in [2.24, 2.45) is 11.3 Å². The average molecular weight is 288 g/mol. The highest BCUT2D eigenvalue weighted by Gasteiger charge is 2.50. The van der Waals surface area contributed by atoms with E-state index in [0.717, 1.165) is 12.8 Å². The molecule has 1 N–H and O–H groups in total. The van der Waals surface area contributed by atoms with Gasteiger partial charge in [-0.3, -0.25) is 4.79 Å². The molecule has 2 fully saturated rings. The number of rotatable bonds is 2. The Morgan fingerprint density at radius 2 is 1.88 bits per heavy atom. The number of nitrogens with one attached hydrogen (secondary N) is 1. The summed E-state index contributed by atoms with van der Waals surface area (Å²) in [6.45, 7) is 4.35. The fraction of sp³-hybridized carbons (Fsp3) is 0.923. The summed E-state index contributed by atoms with van der Waals surface area (Å²) in [6, 6.07) is 0.353. The molecule has 1 amide bonds. The van der Waals surface area contributed by atoms with Crippen LogP contribution in [-0.2, 0) is 4.79 Å². The number of halogens is 1. The van der Waals surface area contributed by atoms with Crippen LogP contribution in [0.1, 0.15) is 52.4 Å². The van der Waals surface area contributed by atoms with Crippen LogP contribution < -0.4 is 5.32 Å². The van der Waals surface area contributed by atoms with Crippen molar-refractivity contribution in [1.29, 1.82) is 0 Å². The van der Waals surface area contributed by atoms with E-state index in [1.54, 1.807) is 0 Å². The summed E-state index contributed by atoms with van der Waals surface area (Å²) >= 11 is 3.72. The van der Waals surface area contributed by atoms with Crippen LogP contribution in [0.4, 0.5) is 0 Å². The third kappa shape index (κ3) is 2.79. The molecule has 0 heterocycles. The maximum atomic E-state index is 12.0. The standard InChI is InChI=1S/C13H22BrNO/c1-13(2)8-9(13)12(16)15-11-7-5-3-4-6-10(11)14/h9-11H,3-8H2,1-2H3,(H,15,16). The topological polar surface area (TPSA) is 29.1 Å². The predicted octanol–water partition coefficient (Wildman–Crippen LogP) is 3.24. The van der Waals surface area contributed by atoms with Crippen molar-refractivity contribution in [2.75, 3.05) is 0 Å². The molecule has 2 saturated carbocycles. The van der Waals surface area contributed by atoms with E-state index >= 15 is 0 Å². The molecule has 3 atom stereocenters. The second-order valence-corrected chi connectivity index (χ2v) is 7.19. The average Bonchev–Trinajstić information content (AvgIpc) is 2.88. The van der Waals surface area contributed by atoms with E-state index in [9.17, 15) is 4.79 Å². The second-order valence-electron chi connectivity index (χ2n) is 6.01. The molecule has 0 aromatic rings. The quantitative estimate of drug-likeness (QED) is 0.613. The van der Waals surface area contributed by atoms with E-state index in [1.165, 1.54) is 25.7 Å². The summed E-state index contributed by atoms with van der Waals surface area (Å²) in [5.74, 6) is 0.539. The van der Waals surface area contributed by atoms with E-state index in [-0.39, 0.29) is 17.2 Å². The molecule has 2 nitrogen and oxygen atoms in total. The molecular weight excluding hydrogens is 266 g/mol. The van der Waals surface area contributed by atoms with Crippen LogP contribution in [0.25, 0.3) is 0 Å². The summed E-state index contributed by atoms with van der Waals surface area (Å²) in [6.07, 6.45) is 7.23. The van der Waals surface area contributed by atoms with Gasteiger partial charge < -0.3 is 5.32 Å². The molecule has 2 rings (SSSR count). The van der Waals surface area contributed by atoms with Crippen molar-refractivity contribution in [3.8, 4) is 0 Å². The largest absolute Gasteiger partial charge is 0.352 e. The zero-order valence-electron chi connectivity index (χ0n) is 10.3. The second kappa shape index (κ2) is 4.67. The van der Waals surface area contributed by atoms with Gasteiger partial charge in [-0.1, -0.05) is 49.0 Å². The van der Waals surface area contributed by atoms with E-state index in [1.807, 2.05) is 0 Å². The zero-order chi connectivity index (χ0) is 11.8. The van der Waals surface area contributed by atoms with Gasteiger partial charge in [0.05, 0.1) is 0 Å². The fourth-order valence-electron chi connectivity index (χ4n) is 2.62. The van der Waals surface area contributed by atoms with Gasteiger partial charge in [-0.15, -0.1) is 0 Å². The minimum absolute atomic E-state index is 0.247. The van der Waals surface area contributed by atoms with Crippen LogP contribution in [-0.4, -0.2) is 16.8 Å². The highest BCUT2D eigenvalue weighted by Crippen LogP contribution is 2.51. The Bertz CT molecular complexity index is 277. The van der Waals surface area contributed by atoms with Gasteiger partial charge in [0.1, 0.15) is 0 Å². The van der Waals surface area contributed by atoms with E-state index in [4.69, 9.17) is 0 Å². The van der Waals surface area contributed by atoms with Crippen molar-refractivity contribution < 1.29 is 4.79 Å². The molecule has 2 aliphatic carbocycles. The maximum absolute atomic E-state index is 12.0. The number of alkyl halides is 1. The van der Waals surface area contributed by atoms with Crippen LogP contribution in [0.3, 0.4) is 0 Å². The number of carbonyl (C=O) groups excluding carboxylic acids is 1. The van der Waals surface area contributed by atoms with Crippen LogP contribution in [0.2, 0.25) is 0 Å². The highest BCUT2D eigenvalue weighted by atomic mass is 79.9. The highest BCUT2D eigenvalue weighted by molar-refractivity contribution is 9.09. The molecule has 3 heteroatoms. The Morgan fingerprint density at radius 1 is 1.25 bits per heavy atom. The number of amides is 1. The Balaban J connectivity index is 1.86.